The van der Waals surface area contributed by atoms with Gasteiger partial charge in [0.2, 0.25) is 0 Å². The minimum atomic E-state index is 0.249. The summed E-state index contributed by atoms with van der Waals surface area (Å²) in [6, 6.07) is 8.56. The van der Waals surface area contributed by atoms with Gasteiger partial charge in [0.1, 0.15) is 5.75 Å². The third-order valence-electron chi connectivity index (χ3n) is 3.09. The average molecular weight is 283 g/mol. The fourth-order valence-corrected chi connectivity index (χ4v) is 3.27. The minimum absolute atomic E-state index is 0.249. The molecule has 0 spiro atoms. The number of rotatable bonds is 3. The topological polar surface area (TPSA) is 9.23 Å². The van der Waals surface area contributed by atoms with E-state index in [1.54, 1.807) is 0 Å². The molecular weight excluding hydrogens is 264 g/mol. The van der Waals surface area contributed by atoms with Gasteiger partial charge in [-0.1, -0.05) is 34.5 Å². The first-order valence-corrected chi connectivity index (χ1v) is 6.99. The van der Waals surface area contributed by atoms with E-state index in [0.717, 1.165) is 5.75 Å². The molecule has 0 aromatic heterocycles. The van der Waals surface area contributed by atoms with Gasteiger partial charge in [0, 0.05) is 4.83 Å². The van der Waals surface area contributed by atoms with E-state index in [2.05, 4.69) is 48.0 Å². The van der Waals surface area contributed by atoms with Crippen LogP contribution in [0.15, 0.2) is 24.3 Å². The Morgan fingerprint density at radius 2 is 2.12 bits per heavy atom. The summed E-state index contributed by atoms with van der Waals surface area (Å²) in [6.45, 7) is 4.13. The van der Waals surface area contributed by atoms with Gasteiger partial charge in [0.25, 0.3) is 0 Å². The fraction of sp³-hybridized carbons (Fsp3) is 0.571. The van der Waals surface area contributed by atoms with E-state index in [0.29, 0.717) is 10.7 Å². The molecule has 1 nitrogen and oxygen atoms in total. The van der Waals surface area contributed by atoms with Crippen LogP contribution in [-0.2, 0) is 0 Å². The van der Waals surface area contributed by atoms with Crippen molar-refractivity contribution in [3.63, 3.8) is 0 Å². The van der Waals surface area contributed by atoms with E-state index >= 15 is 0 Å². The number of ether oxygens (including phenoxy) is 1. The molecular formula is C14H19BrO. The fourth-order valence-electron chi connectivity index (χ4n) is 2.38. The zero-order valence-electron chi connectivity index (χ0n) is 9.95. The SMILES string of the molecule is CC(C)Oc1cccc(C2CCCC2Br)c1. The molecule has 16 heavy (non-hydrogen) atoms. The van der Waals surface area contributed by atoms with E-state index in [1.807, 2.05) is 6.07 Å². The predicted molar refractivity (Wildman–Crippen MR) is 71.5 cm³/mol. The quantitative estimate of drug-likeness (QED) is 0.742. The van der Waals surface area contributed by atoms with E-state index in [4.69, 9.17) is 4.74 Å². The Labute approximate surface area is 106 Å². The Balaban J connectivity index is 2.15. The second-order valence-corrected chi connectivity index (χ2v) is 5.97. The molecule has 1 fully saturated rings. The molecule has 1 aromatic rings. The number of halogens is 1. The smallest absolute Gasteiger partial charge is 0.119 e. The first-order valence-electron chi connectivity index (χ1n) is 6.07. The van der Waals surface area contributed by atoms with Gasteiger partial charge in [-0.3, -0.25) is 0 Å². The molecule has 2 heteroatoms. The highest BCUT2D eigenvalue weighted by Gasteiger charge is 2.26. The molecule has 1 aromatic carbocycles. The summed E-state index contributed by atoms with van der Waals surface area (Å²) >= 11 is 3.78. The highest BCUT2D eigenvalue weighted by molar-refractivity contribution is 9.09. The summed E-state index contributed by atoms with van der Waals surface area (Å²) < 4.78 is 5.73. The minimum Gasteiger partial charge on any atom is -0.491 e. The molecule has 0 radical (unpaired) electrons. The Morgan fingerprint density at radius 3 is 2.75 bits per heavy atom. The van der Waals surface area contributed by atoms with Crippen LogP contribution in [0.4, 0.5) is 0 Å². The Bertz CT molecular complexity index is 348. The van der Waals surface area contributed by atoms with Crippen molar-refractivity contribution < 1.29 is 4.74 Å². The molecule has 0 N–H and O–H groups in total. The van der Waals surface area contributed by atoms with Gasteiger partial charge in [0.05, 0.1) is 6.10 Å². The van der Waals surface area contributed by atoms with Gasteiger partial charge < -0.3 is 4.74 Å². The largest absolute Gasteiger partial charge is 0.491 e. The lowest BCUT2D eigenvalue weighted by atomic mass is 9.97. The lowest BCUT2D eigenvalue weighted by Crippen LogP contribution is -2.07. The Kier molecular flexibility index (Phi) is 3.91. The van der Waals surface area contributed by atoms with Crippen LogP contribution in [0.3, 0.4) is 0 Å². The second-order valence-electron chi connectivity index (χ2n) is 4.79. The first kappa shape index (κ1) is 12.0. The lowest BCUT2D eigenvalue weighted by Gasteiger charge is -2.16. The van der Waals surface area contributed by atoms with Gasteiger partial charge in [0.15, 0.2) is 0 Å². The van der Waals surface area contributed by atoms with Crippen LogP contribution in [-0.4, -0.2) is 10.9 Å². The monoisotopic (exact) mass is 282 g/mol. The molecule has 1 aliphatic carbocycles. The standard InChI is InChI=1S/C14H19BrO/c1-10(2)16-12-6-3-5-11(9-12)13-7-4-8-14(13)15/h3,5-6,9-10,13-14H,4,7-8H2,1-2H3. The molecule has 2 unspecified atom stereocenters. The van der Waals surface area contributed by atoms with Crippen LogP contribution >= 0.6 is 15.9 Å². The molecule has 0 amide bonds. The average Bonchev–Trinajstić information content (AvgIpc) is 2.64. The normalized spacial score (nSPS) is 25.0. The van der Waals surface area contributed by atoms with E-state index < -0.39 is 0 Å². The maximum atomic E-state index is 5.73. The second kappa shape index (κ2) is 5.22. The zero-order chi connectivity index (χ0) is 11.5. The third kappa shape index (κ3) is 2.79. The summed E-state index contributed by atoms with van der Waals surface area (Å²) in [4.78, 5) is 0.641. The van der Waals surface area contributed by atoms with Crippen LogP contribution in [0.5, 0.6) is 5.75 Å². The van der Waals surface area contributed by atoms with Crippen molar-refractivity contribution in [1.29, 1.82) is 0 Å². The van der Waals surface area contributed by atoms with Gasteiger partial charge in [-0.2, -0.15) is 0 Å². The number of hydrogen-bond donors (Lipinski definition) is 0. The molecule has 2 rings (SSSR count). The van der Waals surface area contributed by atoms with E-state index in [1.165, 1.54) is 24.8 Å². The summed E-state index contributed by atoms with van der Waals surface area (Å²) in [7, 11) is 0. The van der Waals surface area contributed by atoms with Crippen molar-refractivity contribution in [2.75, 3.05) is 0 Å². The van der Waals surface area contributed by atoms with E-state index in [-0.39, 0.29) is 6.10 Å². The summed E-state index contributed by atoms with van der Waals surface area (Å²) in [6.07, 6.45) is 4.16. The zero-order valence-corrected chi connectivity index (χ0v) is 11.5. The van der Waals surface area contributed by atoms with Gasteiger partial charge in [-0.15, -0.1) is 0 Å². The molecule has 0 bridgehead atoms. The van der Waals surface area contributed by atoms with Crippen LogP contribution in [0, 0.1) is 0 Å². The molecule has 1 saturated carbocycles. The number of benzene rings is 1. The van der Waals surface area contributed by atoms with E-state index in [9.17, 15) is 0 Å². The highest BCUT2D eigenvalue weighted by atomic mass is 79.9. The van der Waals surface area contributed by atoms with Gasteiger partial charge >= 0.3 is 0 Å². The molecule has 2 atom stereocenters. The molecule has 0 aliphatic heterocycles. The molecule has 1 aliphatic rings. The van der Waals surface area contributed by atoms with Crippen molar-refractivity contribution in [3.8, 4) is 5.75 Å². The summed E-state index contributed by atoms with van der Waals surface area (Å²) in [5.41, 5.74) is 1.41. The Hall–Kier alpha value is -0.500. The van der Waals surface area contributed by atoms with Crippen molar-refractivity contribution in [2.24, 2.45) is 0 Å². The van der Waals surface area contributed by atoms with Crippen molar-refractivity contribution in [2.45, 2.75) is 50.0 Å². The summed E-state index contributed by atoms with van der Waals surface area (Å²) in [5.74, 6) is 1.66. The van der Waals surface area contributed by atoms with Crippen LogP contribution in [0.2, 0.25) is 0 Å². The molecule has 0 heterocycles. The van der Waals surface area contributed by atoms with Gasteiger partial charge in [-0.25, -0.2) is 0 Å². The highest BCUT2D eigenvalue weighted by Crippen LogP contribution is 2.39. The maximum Gasteiger partial charge on any atom is 0.119 e. The number of alkyl halides is 1. The van der Waals surface area contributed by atoms with Crippen molar-refractivity contribution in [3.05, 3.63) is 29.8 Å². The van der Waals surface area contributed by atoms with Crippen LogP contribution in [0.25, 0.3) is 0 Å². The number of hydrogen-bond acceptors (Lipinski definition) is 1. The molecule has 0 saturated heterocycles. The van der Waals surface area contributed by atoms with Gasteiger partial charge in [-0.05, 0) is 50.3 Å². The predicted octanol–water partition coefficient (Wildman–Crippen LogP) is 4.50. The van der Waals surface area contributed by atoms with Crippen LogP contribution < -0.4 is 4.74 Å². The van der Waals surface area contributed by atoms with Crippen LogP contribution in [0.1, 0.15) is 44.6 Å². The molecule has 88 valence electrons. The third-order valence-corrected chi connectivity index (χ3v) is 4.19. The lowest BCUT2D eigenvalue weighted by molar-refractivity contribution is 0.242. The maximum absolute atomic E-state index is 5.73. The summed E-state index contributed by atoms with van der Waals surface area (Å²) in [5, 5.41) is 0. The van der Waals surface area contributed by atoms with Crippen molar-refractivity contribution >= 4 is 15.9 Å². The first-order chi connectivity index (χ1) is 7.66. The van der Waals surface area contributed by atoms with Crippen molar-refractivity contribution in [1.82, 2.24) is 0 Å². The Morgan fingerprint density at radius 1 is 1.31 bits per heavy atom.